The predicted octanol–water partition coefficient (Wildman–Crippen LogP) is 2.68. The van der Waals surface area contributed by atoms with E-state index in [1.807, 2.05) is 42.5 Å². The third-order valence-corrected chi connectivity index (χ3v) is 3.26. The Hall–Kier alpha value is -2.98. The van der Waals surface area contributed by atoms with Crippen LogP contribution in [0.4, 0.5) is 5.69 Å². The summed E-state index contributed by atoms with van der Waals surface area (Å²) in [6, 6.07) is 15.6. The largest absolute Gasteiger partial charge is 0.480 e. The molecule has 21 heavy (non-hydrogen) atoms. The van der Waals surface area contributed by atoms with Crippen LogP contribution in [-0.4, -0.2) is 11.9 Å². The number of anilines is 1. The van der Waals surface area contributed by atoms with Gasteiger partial charge in [0.05, 0.1) is 5.69 Å². The van der Waals surface area contributed by atoms with Crippen LogP contribution >= 0.6 is 0 Å². The molecule has 104 valence electrons. The predicted molar refractivity (Wildman–Crippen MR) is 76.0 cm³/mol. The molecule has 0 aromatic heterocycles. The Morgan fingerprint density at radius 2 is 1.81 bits per heavy atom. The second-order valence-corrected chi connectivity index (χ2v) is 4.59. The zero-order chi connectivity index (χ0) is 14.7. The van der Waals surface area contributed by atoms with E-state index in [4.69, 9.17) is 10.3 Å². The third-order valence-electron chi connectivity index (χ3n) is 3.26. The summed E-state index contributed by atoms with van der Waals surface area (Å²) in [5, 5.41) is 6.48. The zero-order valence-electron chi connectivity index (χ0n) is 11.1. The molecule has 0 radical (unpaired) electrons. The molecular weight excluding hydrogens is 268 g/mol. The summed E-state index contributed by atoms with van der Waals surface area (Å²) in [6.45, 7) is 0. The van der Waals surface area contributed by atoms with Gasteiger partial charge in [-0.3, -0.25) is 4.79 Å². The Labute approximate surface area is 121 Å². The minimum absolute atomic E-state index is 0.343. The number of hydrogen-bond donors (Lipinski definition) is 2. The lowest BCUT2D eigenvalue weighted by Gasteiger charge is -2.18. The van der Waals surface area contributed by atoms with Gasteiger partial charge in [-0.25, -0.2) is 0 Å². The lowest BCUT2D eigenvalue weighted by Crippen LogP contribution is -2.32. The molecule has 0 saturated heterocycles. The number of ether oxygens (including phenoxy) is 1. The highest BCUT2D eigenvalue weighted by atomic mass is 16.5. The molecule has 0 bridgehead atoms. The summed E-state index contributed by atoms with van der Waals surface area (Å²) in [7, 11) is 0. The van der Waals surface area contributed by atoms with Gasteiger partial charge in [-0.2, -0.15) is 0 Å². The van der Waals surface area contributed by atoms with E-state index in [1.54, 1.807) is 12.1 Å². The number of nitrogens with one attached hydrogen (secondary N) is 2. The smallest absolute Gasteiger partial charge is 0.261 e. The van der Waals surface area contributed by atoms with E-state index >= 15 is 0 Å². The lowest BCUT2D eigenvalue weighted by atomic mass is 10.0. The molecule has 2 aromatic rings. The van der Waals surface area contributed by atoms with Crippen LogP contribution in [-0.2, 0) is 4.79 Å². The number of nitrogens with zero attached hydrogens (tertiary/aromatic N) is 2. The number of fused-ring (bicyclic) bond motifs is 1. The fraction of sp³-hybridized carbons (Fsp3) is 0.133. The van der Waals surface area contributed by atoms with Gasteiger partial charge in [0.1, 0.15) is 16.4 Å². The Balaban J connectivity index is 2.09. The average Bonchev–Trinajstić information content (AvgIpc) is 2.66. The molecule has 1 aliphatic heterocycles. The highest BCUT2D eigenvalue weighted by molar-refractivity contribution is 5.97. The Kier molecular flexibility index (Phi) is 3.45. The van der Waals surface area contributed by atoms with Crippen molar-refractivity contribution in [3.63, 3.8) is 0 Å². The van der Waals surface area contributed by atoms with Crippen LogP contribution in [0.25, 0.3) is 0 Å². The van der Waals surface area contributed by atoms with E-state index < -0.39 is 12.1 Å². The normalized spacial score (nSPS) is 20.3. The number of amides is 1. The van der Waals surface area contributed by atoms with Gasteiger partial charge in [0, 0.05) is 0 Å². The maximum atomic E-state index is 12.3. The summed E-state index contributed by atoms with van der Waals surface area (Å²) >= 11 is 0. The van der Waals surface area contributed by atoms with E-state index in [-0.39, 0.29) is 5.91 Å². The molecule has 2 atom stereocenters. The van der Waals surface area contributed by atoms with Crippen molar-refractivity contribution in [3.8, 4) is 5.75 Å². The molecule has 0 spiro atoms. The Bertz CT molecular complexity index is 711. The van der Waals surface area contributed by atoms with Gasteiger partial charge in [-0.15, -0.1) is 0 Å². The minimum Gasteiger partial charge on any atom is -0.480 e. The van der Waals surface area contributed by atoms with Crippen LogP contribution < -0.4 is 15.0 Å². The molecule has 0 aliphatic carbocycles. The number of carbonyl (C=O) groups excluding carboxylic acids is 1. The van der Waals surface area contributed by atoms with Crippen LogP contribution in [0.1, 0.15) is 11.7 Å². The molecule has 6 heteroatoms. The topological polar surface area (TPSA) is 88.6 Å². The summed E-state index contributed by atoms with van der Waals surface area (Å²) in [4.78, 5) is 15.3. The molecule has 2 N–H and O–H groups in total. The van der Waals surface area contributed by atoms with Gasteiger partial charge in [0.15, 0.2) is 6.10 Å². The van der Waals surface area contributed by atoms with Crippen molar-refractivity contribution >= 4 is 11.6 Å². The first-order valence-corrected chi connectivity index (χ1v) is 6.47. The number of rotatable bonds is 2. The van der Waals surface area contributed by atoms with E-state index in [9.17, 15) is 4.79 Å². The minimum atomic E-state index is -0.905. The monoisotopic (exact) mass is 281 g/mol. The van der Waals surface area contributed by atoms with Gasteiger partial charge < -0.3 is 10.1 Å². The molecule has 0 fully saturated rings. The van der Waals surface area contributed by atoms with Gasteiger partial charge in [0.25, 0.3) is 11.9 Å². The van der Waals surface area contributed by atoms with Crippen molar-refractivity contribution < 1.29 is 9.53 Å². The van der Waals surface area contributed by atoms with E-state index in [0.29, 0.717) is 11.4 Å². The van der Waals surface area contributed by atoms with Crippen molar-refractivity contribution in [1.29, 1.82) is 5.53 Å². The first-order chi connectivity index (χ1) is 10.3. The summed E-state index contributed by atoms with van der Waals surface area (Å²) in [6.07, 6.45) is -0.621. The fourth-order valence-corrected chi connectivity index (χ4v) is 2.29. The molecule has 0 unspecified atom stereocenters. The van der Waals surface area contributed by atoms with E-state index in [1.165, 1.54) is 0 Å². The molecule has 1 aliphatic rings. The van der Waals surface area contributed by atoms with Crippen molar-refractivity contribution in [2.24, 2.45) is 5.11 Å². The van der Waals surface area contributed by atoms with Crippen LogP contribution in [0, 0.1) is 5.53 Å². The second-order valence-electron chi connectivity index (χ2n) is 4.59. The number of carbonyl (C=O) groups is 1. The quantitative estimate of drug-likeness (QED) is 0.654. The van der Waals surface area contributed by atoms with Gasteiger partial charge in [0.2, 0.25) is 4.91 Å². The Morgan fingerprint density at radius 1 is 1.10 bits per heavy atom. The van der Waals surface area contributed by atoms with Crippen molar-refractivity contribution in [2.75, 3.05) is 5.32 Å². The standard InChI is InChI=1S/C15H12N4O2/c16-19-18-13-14(10-6-2-1-3-7-10)21-12-9-5-4-8-11(12)17-15(13)20/h1-9,13-14,16H/p+1/t13-,14+/m1/s1. The van der Waals surface area contributed by atoms with Crippen LogP contribution in [0.2, 0.25) is 0 Å². The van der Waals surface area contributed by atoms with Gasteiger partial charge in [-0.1, -0.05) is 42.5 Å². The second kappa shape index (κ2) is 5.56. The first kappa shape index (κ1) is 13.0. The van der Waals surface area contributed by atoms with Crippen molar-refractivity contribution in [3.05, 3.63) is 60.2 Å². The number of para-hydroxylation sites is 2. The molecule has 6 nitrogen and oxygen atoms in total. The maximum absolute atomic E-state index is 12.3. The molecular formula is C15H13N4O2+. The zero-order valence-corrected chi connectivity index (χ0v) is 11.1. The van der Waals surface area contributed by atoms with Gasteiger partial charge in [-0.05, 0) is 17.7 Å². The Morgan fingerprint density at radius 3 is 2.57 bits per heavy atom. The van der Waals surface area contributed by atoms with E-state index in [2.05, 4.69) is 15.3 Å². The van der Waals surface area contributed by atoms with Crippen molar-refractivity contribution in [1.82, 2.24) is 4.91 Å². The van der Waals surface area contributed by atoms with Crippen LogP contribution in [0.5, 0.6) is 5.75 Å². The average molecular weight is 281 g/mol. The maximum Gasteiger partial charge on any atom is 0.261 e. The summed E-state index contributed by atoms with van der Waals surface area (Å²) in [5.74, 6) is 0.229. The molecule has 2 aromatic carbocycles. The van der Waals surface area contributed by atoms with Gasteiger partial charge >= 0.3 is 0 Å². The van der Waals surface area contributed by atoms with E-state index in [0.717, 1.165) is 5.56 Å². The number of hydrogen-bond acceptors (Lipinski definition) is 4. The molecule has 3 rings (SSSR count). The van der Waals surface area contributed by atoms with Crippen LogP contribution in [0.15, 0.2) is 59.7 Å². The SMILES string of the molecule is N=[N+]=N[C@H]1C(=O)Nc2ccccc2O[C@H]1c1ccccc1. The first-order valence-electron chi connectivity index (χ1n) is 6.47. The van der Waals surface area contributed by atoms with Crippen molar-refractivity contribution in [2.45, 2.75) is 12.1 Å². The third kappa shape index (κ3) is 2.52. The number of benzene rings is 2. The summed E-state index contributed by atoms with van der Waals surface area (Å²) < 4.78 is 5.96. The lowest BCUT2D eigenvalue weighted by molar-refractivity contribution is -0.119. The highest BCUT2D eigenvalue weighted by Crippen LogP contribution is 2.35. The fourth-order valence-electron chi connectivity index (χ4n) is 2.29. The molecule has 1 amide bonds. The highest BCUT2D eigenvalue weighted by Gasteiger charge is 2.38. The summed E-state index contributed by atoms with van der Waals surface area (Å²) in [5.41, 5.74) is 8.33. The molecule has 0 saturated carbocycles. The molecule has 1 heterocycles. The van der Waals surface area contributed by atoms with Crippen LogP contribution in [0.3, 0.4) is 0 Å².